The molecule has 25 heavy (non-hydrogen) atoms. The molecule has 0 saturated heterocycles. The minimum atomic E-state index is 0.259. The molecule has 0 fully saturated rings. The fraction of sp³-hybridized carbons (Fsp3) is 0.429. The summed E-state index contributed by atoms with van der Waals surface area (Å²) in [5, 5.41) is 2.11. The second kappa shape index (κ2) is 8.37. The molecule has 0 radical (unpaired) electrons. The Hall–Kier alpha value is -2.04. The van der Waals surface area contributed by atoms with Crippen LogP contribution in [0, 0.1) is 0 Å². The SMILES string of the molecule is CCOCOc1c2c(c(OCOCC)c3ccccc13)CC(C)=CC2. The van der Waals surface area contributed by atoms with Crippen LogP contribution in [-0.2, 0) is 22.3 Å². The summed E-state index contributed by atoms with van der Waals surface area (Å²) < 4.78 is 22.9. The van der Waals surface area contributed by atoms with Gasteiger partial charge in [-0.05, 0) is 33.6 Å². The van der Waals surface area contributed by atoms with Crippen LogP contribution in [0.5, 0.6) is 11.5 Å². The Morgan fingerprint density at radius 2 is 1.40 bits per heavy atom. The van der Waals surface area contributed by atoms with Crippen molar-refractivity contribution in [3.8, 4) is 11.5 Å². The molecule has 0 aliphatic heterocycles. The lowest BCUT2D eigenvalue weighted by Crippen LogP contribution is -2.12. The van der Waals surface area contributed by atoms with Crippen molar-refractivity contribution in [1.29, 1.82) is 0 Å². The van der Waals surface area contributed by atoms with Gasteiger partial charge in [0.15, 0.2) is 13.6 Å². The maximum Gasteiger partial charge on any atom is 0.189 e. The van der Waals surface area contributed by atoms with Crippen molar-refractivity contribution in [3.63, 3.8) is 0 Å². The number of ether oxygens (including phenoxy) is 4. The average Bonchev–Trinajstić information content (AvgIpc) is 2.63. The maximum atomic E-state index is 6.05. The third-order valence-electron chi connectivity index (χ3n) is 4.42. The third-order valence-corrected chi connectivity index (χ3v) is 4.42. The van der Waals surface area contributed by atoms with Crippen LogP contribution in [0.3, 0.4) is 0 Å². The first-order valence-electron chi connectivity index (χ1n) is 8.89. The summed E-state index contributed by atoms with van der Waals surface area (Å²) in [4.78, 5) is 0. The van der Waals surface area contributed by atoms with Gasteiger partial charge < -0.3 is 18.9 Å². The molecule has 3 rings (SSSR count). The topological polar surface area (TPSA) is 36.9 Å². The van der Waals surface area contributed by atoms with Gasteiger partial charge in [0.2, 0.25) is 0 Å². The van der Waals surface area contributed by atoms with Crippen LogP contribution in [0.4, 0.5) is 0 Å². The maximum absolute atomic E-state index is 6.05. The molecule has 0 spiro atoms. The summed E-state index contributed by atoms with van der Waals surface area (Å²) in [5.74, 6) is 1.82. The molecule has 2 aromatic carbocycles. The Morgan fingerprint density at radius 1 is 0.840 bits per heavy atom. The van der Waals surface area contributed by atoms with Crippen molar-refractivity contribution < 1.29 is 18.9 Å². The zero-order valence-electron chi connectivity index (χ0n) is 15.3. The first-order valence-corrected chi connectivity index (χ1v) is 8.89. The van der Waals surface area contributed by atoms with Crippen LogP contribution in [0.15, 0.2) is 35.9 Å². The van der Waals surface area contributed by atoms with E-state index in [4.69, 9.17) is 18.9 Å². The van der Waals surface area contributed by atoms with E-state index in [0.29, 0.717) is 13.2 Å². The molecule has 4 heteroatoms. The van der Waals surface area contributed by atoms with Crippen molar-refractivity contribution in [3.05, 3.63) is 47.0 Å². The van der Waals surface area contributed by atoms with Gasteiger partial charge in [-0.25, -0.2) is 0 Å². The predicted octanol–water partition coefficient (Wildman–Crippen LogP) is 4.63. The fourth-order valence-corrected chi connectivity index (χ4v) is 3.21. The molecule has 0 unspecified atom stereocenters. The van der Waals surface area contributed by atoms with E-state index in [1.165, 1.54) is 16.7 Å². The van der Waals surface area contributed by atoms with Gasteiger partial charge in [-0.1, -0.05) is 35.9 Å². The standard InChI is InChI=1S/C21H26O4/c1-4-22-13-24-20-16-8-6-7-9-17(16)21(25-14-23-5-2)19-12-15(3)10-11-18(19)20/h6-10H,4-5,11-14H2,1-3H3. The van der Waals surface area contributed by atoms with Gasteiger partial charge in [0.1, 0.15) is 11.5 Å². The summed E-state index contributed by atoms with van der Waals surface area (Å²) in [5.41, 5.74) is 3.74. The summed E-state index contributed by atoms with van der Waals surface area (Å²) in [6.45, 7) is 7.88. The van der Waals surface area contributed by atoms with E-state index in [9.17, 15) is 0 Å². The average molecular weight is 342 g/mol. The van der Waals surface area contributed by atoms with E-state index in [1.807, 2.05) is 26.0 Å². The highest BCUT2D eigenvalue weighted by Gasteiger charge is 2.23. The number of benzene rings is 2. The van der Waals surface area contributed by atoms with Crippen molar-refractivity contribution in [2.45, 2.75) is 33.6 Å². The van der Waals surface area contributed by atoms with Crippen LogP contribution in [-0.4, -0.2) is 26.8 Å². The molecule has 2 aromatic rings. The Labute approximate surface area is 149 Å². The minimum absolute atomic E-state index is 0.259. The molecular formula is C21H26O4. The molecule has 0 amide bonds. The van der Waals surface area contributed by atoms with Gasteiger partial charge in [-0.15, -0.1) is 0 Å². The van der Waals surface area contributed by atoms with Gasteiger partial charge >= 0.3 is 0 Å². The van der Waals surface area contributed by atoms with Crippen LogP contribution in [0.2, 0.25) is 0 Å². The molecule has 134 valence electrons. The largest absolute Gasteiger partial charge is 0.467 e. The Bertz CT molecular complexity index is 764. The number of allylic oxidation sites excluding steroid dienone is 2. The van der Waals surface area contributed by atoms with Gasteiger partial charge in [-0.3, -0.25) is 0 Å². The summed E-state index contributed by atoms with van der Waals surface area (Å²) in [6, 6.07) is 8.21. The lowest BCUT2D eigenvalue weighted by atomic mass is 9.87. The van der Waals surface area contributed by atoms with Gasteiger partial charge in [0.05, 0.1) is 0 Å². The normalized spacial score (nSPS) is 13.5. The Kier molecular flexibility index (Phi) is 5.95. The monoisotopic (exact) mass is 342 g/mol. The van der Waals surface area contributed by atoms with Gasteiger partial charge in [0.25, 0.3) is 0 Å². The molecule has 1 aliphatic rings. The van der Waals surface area contributed by atoms with Crippen molar-refractivity contribution in [2.75, 3.05) is 26.8 Å². The van der Waals surface area contributed by atoms with E-state index < -0.39 is 0 Å². The summed E-state index contributed by atoms with van der Waals surface area (Å²) in [6.07, 6.45) is 3.97. The first-order chi connectivity index (χ1) is 12.3. The highest BCUT2D eigenvalue weighted by Crippen LogP contribution is 2.44. The Morgan fingerprint density at radius 3 is 1.96 bits per heavy atom. The number of rotatable bonds is 8. The third kappa shape index (κ3) is 3.80. The molecule has 4 nitrogen and oxygen atoms in total. The fourth-order valence-electron chi connectivity index (χ4n) is 3.21. The molecule has 1 aliphatic carbocycles. The molecule has 0 bridgehead atoms. The van der Waals surface area contributed by atoms with E-state index in [0.717, 1.165) is 35.1 Å². The summed E-state index contributed by atoms with van der Waals surface area (Å²) >= 11 is 0. The number of fused-ring (bicyclic) bond motifs is 2. The second-order valence-electron chi connectivity index (χ2n) is 6.10. The molecular weight excluding hydrogens is 316 g/mol. The molecule has 0 aromatic heterocycles. The highest BCUT2D eigenvalue weighted by molar-refractivity contribution is 5.96. The molecule has 0 saturated carbocycles. The molecule has 0 heterocycles. The first kappa shape index (κ1) is 17.8. The highest BCUT2D eigenvalue weighted by atomic mass is 16.7. The predicted molar refractivity (Wildman–Crippen MR) is 99.4 cm³/mol. The lowest BCUT2D eigenvalue weighted by Gasteiger charge is -2.24. The van der Waals surface area contributed by atoms with E-state index in [2.05, 4.69) is 25.1 Å². The molecule has 0 atom stereocenters. The quantitative estimate of drug-likeness (QED) is 0.398. The number of hydrogen-bond acceptors (Lipinski definition) is 4. The van der Waals surface area contributed by atoms with Crippen molar-refractivity contribution in [2.24, 2.45) is 0 Å². The number of hydrogen-bond donors (Lipinski definition) is 0. The Balaban J connectivity index is 2.11. The van der Waals surface area contributed by atoms with Gasteiger partial charge in [-0.2, -0.15) is 0 Å². The van der Waals surface area contributed by atoms with E-state index >= 15 is 0 Å². The van der Waals surface area contributed by atoms with Crippen LogP contribution in [0.1, 0.15) is 31.9 Å². The minimum Gasteiger partial charge on any atom is -0.467 e. The van der Waals surface area contributed by atoms with Gasteiger partial charge in [0, 0.05) is 35.1 Å². The van der Waals surface area contributed by atoms with Crippen LogP contribution in [0.25, 0.3) is 10.8 Å². The lowest BCUT2D eigenvalue weighted by molar-refractivity contribution is 0.0205. The van der Waals surface area contributed by atoms with Crippen molar-refractivity contribution in [1.82, 2.24) is 0 Å². The van der Waals surface area contributed by atoms with E-state index in [1.54, 1.807) is 0 Å². The summed E-state index contributed by atoms with van der Waals surface area (Å²) in [7, 11) is 0. The van der Waals surface area contributed by atoms with Crippen LogP contribution < -0.4 is 9.47 Å². The molecule has 0 N–H and O–H groups in total. The smallest absolute Gasteiger partial charge is 0.189 e. The van der Waals surface area contributed by atoms with Crippen molar-refractivity contribution >= 4 is 10.8 Å². The second-order valence-corrected chi connectivity index (χ2v) is 6.10. The zero-order chi connectivity index (χ0) is 17.6. The van der Waals surface area contributed by atoms with E-state index in [-0.39, 0.29) is 13.6 Å². The van der Waals surface area contributed by atoms with Crippen LogP contribution >= 0.6 is 0 Å². The zero-order valence-corrected chi connectivity index (χ0v) is 15.3.